The minimum atomic E-state index is -1.02. The van der Waals surface area contributed by atoms with Crippen molar-refractivity contribution in [2.75, 3.05) is 5.32 Å². The van der Waals surface area contributed by atoms with Crippen molar-refractivity contribution < 1.29 is 14.0 Å². The zero-order chi connectivity index (χ0) is 17.2. The molecule has 1 aliphatic rings. The lowest BCUT2D eigenvalue weighted by Gasteiger charge is -2.19. The van der Waals surface area contributed by atoms with Gasteiger partial charge in [-0.25, -0.2) is 4.39 Å². The van der Waals surface area contributed by atoms with E-state index in [1.165, 1.54) is 24.3 Å². The van der Waals surface area contributed by atoms with Gasteiger partial charge >= 0.3 is 0 Å². The van der Waals surface area contributed by atoms with Crippen LogP contribution in [0, 0.1) is 11.2 Å². The lowest BCUT2D eigenvalue weighted by atomic mass is 10.0. The van der Waals surface area contributed by atoms with Crippen molar-refractivity contribution in [2.24, 2.45) is 5.41 Å². The van der Waals surface area contributed by atoms with Crippen LogP contribution in [0.3, 0.4) is 0 Å². The molecule has 2 amide bonds. The maximum atomic E-state index is 12.9. The number of carbonyl (C=O) groups excluding carboxylic acids is 2. The summed E-state index contributed by atoms with van der Waals surface area (Å²) in [6.45, 7) is 1.89. The summed E-state index contributed by atoms with van der Waals surface area (Å²) in [5.41, 5.74) is 0.453. The van der Waals surface area contributed by atoms with Crippen LogP contribution in [0.25, 0.3) is 0 Å². The summed E-state index contributed by atoms with van der Waals surface area (Å²) in [6, 6.07) is 14.9. The zero-order valence-corrected chi connectivity index (χ0v) is 13.4. The third-order valence-corrected chi connectivity index (χ3v) is 4.37. The molecule has 124 valence electrons. The molecule has 1 atom stereocenters. The van der Waals surface area contributed by atoms with E-state index in [-0.39, 0.29) is 23.7 Å². The number of amides is 2. The van der Waals surface area contributed by atoms with Gasteiger partial charge in [0.05, 0.1) is 6.04 Å². The third kappa shape index (κ3) is 3.30. The van der Waals surface area contributed by atoms with Crippen molar-refractivity contribution in [3.05, 3.63) is 66.0 Å². The Morgan fingerprint density at radius 1 is 1.00 bits per heavy atom. The van der Waals surface area contributed by atoms with Crippen LogP contribution in [-0.4, -0.2) is 11.8 Å². The first kappa shape index (κ1) is 16.2. The van der Waals surface area contributed by atoms with Crippen LogP contribution in [0.1, 0.15) is 31.4 Å². The largest absolute Gasteiger partial charge is 0.349 e. The van der Waals surface area contributed by atoms with E-state index in [1.807, 2.05) is 37.3 Å². The average molecular weight is 326 g/mol. The number of hydrogen-bond acceptors (Lipinski definition) is 2. The molecular weight excluding hydrogens is 307 g/mol. The first-order chi connectivity index (χ1) is 11.5. The van der Waals surface area contributed by atoms with Gasteiger partial charge in [0.2, 0.25) is 11.8 Å². The summed E-state index contributed by atoms with van der Waals surface area (Å²) in [5, 5.41) is 5.61. The second-order valence-electron chi connectivity index (χ2n) is 6.15. The fraction of sp³-hybridized carbons (Fsp3) is 0.263. The van der Waals surface area contributed by atoms with Crippen molar-refractivity contribution in [2.45, 2.75) is 25.8 Å². The Bertz CT molecular complexity index is 740. The molecule has 0 heterocycles. The fourth-order valence-corrected chi connectivity index (χ4v) is 2.63. The molecular formula is C19H19FN2O2. The normalized spacial score (nSPS) is 16.1. The molecule has 0 aromatic heterocycles. The highest BCUT2D eigenvalue weighted by Crippen LogP contribution is 2.47. The highest BCUT2D eigenvalue weighted by atomic mass is 19.1. The van der Waals surface area contributed by atoms with E-state index in [9.17, 15) is 14.0 Å². The highest BCUT2D eigenvalue weighted by molar-refractivity contribution is 6.13. The van der Waals surface area contributed by atoms with E-state index < -0.39 is 5.41 Å². The maximum absolute atomic E-state index is 12.9. The number of halogens is 1. The second kappa shape index (κ2) is 6.43. The summed E-state index contributed by atoms with van der Waals surface area (Å²) in [6.07, 6.45) is 1.04. The molecule has 2 aromatic rings. The second-order valence-corrected chi connectivity index (χ2v) is 6.15. The molecule has 2 N–H and O–H groups in total. The van der Waals surface area contributed by atoms with Gasteiger partial charge in [-0.15, -0.1) is 0 Å². The number of anilines is 1. The van der Waals surface area contributed by atoms with Gasteiger partial charge in [-0.3, -0.25) is 9.59 Å². The van der Waals surface area contributed by atoms with Crippen LogP contribution < -0.4 is 10.6 Å². The van der Waals surface area contributed by atoms with Crippen molar-refractivity contribution in [3.63, 3.8) is 0 Å². The van der Waals surface area contributed by atoms with Crippen LogP contribution in [0.4, 0.5) is 10.1 Å². The van der Waals surface area contributed by atoms with Gasteiger partial charge in [0.15, 0.2) is 0 Å². The maximum Gasteiger partial charge on any atom is 0.240 e. The molecule has 0 saturated heterocycles. The summed E-state index contributed by atoms with van der Waals surface area (Å²) in [4.78, 5) is 25.0. The van der Waals surface area contributed by atoms with Gasteiger partial charge in [-0.05, 0) is 49.6 Å². The van der Waals surface area contributed by atoms with E-state index in [0.29, 0.717) is 18.5 Å². The summed E-state index contributed by atoms with van der Waals surface area (Å²) in [5.74, 6) is -0.978. The number of benzene rings is 2. The Labute approximate surface area is 140 Å². The van der Waals surface area contributed by atoms with Gasteiger partial charge < -0.3 is 10.6 Å². The quantitative estimate of drug-likeness (QED) is 0.827. The van der Waals surface area contributed by atoms with E-state index in [2.05, 4.69) is 10.6 Å². The highest BCUT2D eigenvalue weighted by Gasteiger charge is 2.56. The molecule has 0 aliphatic heterocycles. The molecule has 4 nitrogen and oxygen atoms in total. The number of nitrogens with one attached hydrogen (secondary N) is 2. The van der Waals surface area contributed by atoms with E-state index in [4.69, 9.17) is 0 Å². The molecule has 2 aromatic carbocycles. The molecule has 0 bridgehead atoms. The topological polar surface area (TPSA) is 58.2 Å². The number of rotatable bonds is 5. The van der Waals surface area contributed by atoms with Crippen molar-refractivity contribution in [3.8, 4) is 0 Å². The molecule has 1 fully saturated rings. The minimum Gasteiger partial charge on any atom is -0.349 e. The van der Waals surface area contributed by atoms with E-state index in [0.717, 1.165) is 5.56 Å². The molecule has 1 aliphatic carbocycles. The summed E-state index contributed by atoms with van der Waals surface area (Å²) >= 11 is 0. The van der Waals surface area contributed by atoms with Gasteiger partial charge in [0.25, 0.3) is 0 Å². The molecule has 3 rings (SSSR count). The lowest BCUT2D eigenvalue weighted by molar-refractivity contribution is -0.134. The van der Waals surface area contributed by atoms with Crippen molar-refractivity contribution >= 4 is 17.5 Å². The van der Waals surface area contributed by atoms with Crippen LogP contribution in [-0.2, 0) is 9.59 Å². The summed E-state index contributed by atoms with van der Waals surface area (Å²) < 4.78 is 12.9. The molecule has 24 heavy (non-hydrogen) atoms. The monoisotopic (exact) mass is 326 g/mol. The Kier molecular flexibility index (Phi) is 4.34. The first-order valence-electron chi connectivity index (χ1n) is 7.94. The molecule has 0 radical (unpaired) electrons. The van der Waals surface area contributed by atoms with Crippen LogP contribution in [0.5, 0.6) is 0 Å². The lowest BCUT2D eigenvalue weighted by Crippen LogP contribution is -2.41. The Morgan fingerprint density at radius 2 is 1.62 bits per heavy atom. The first-order valence-corrected chi connectivity index (χ1v) is 7.94. The van der Waals surface area contributed by atoms with Crippen LogP contribution >= 0.6 is 0 Å². The minimum absolute atomic E-state index is 0.171. The zero-order valence-electron chi connectivity index (χ0n) is 13.4. The molecule has 1 saturated carbocycles. The van der Waals surface area contributed by atoms with E-state index in [1.54, 1.807) is 0 Å². The average Bonchev–Trinajstić information content (AvgIpc) is 3.39. The van der Waals surface area contributed by atoms with Crippen LogP contribution in [0.2, 0.25) is 0 Å². The van der Waals surface area contributed by atoms with E-state index >= 15 is 0 Å². The van der Waals surface area contributed by atoms with Gasteiger partial charge in [0.1, 0.15) is 11.2 Å². The van der Waals surface area contributed by atoms with Gasteiger partial charge in [-0.1, -0.05) is 30.3 Å². The Hall–Kier alpha value is -2.69. The summed E-state index contributed by atoms with van der Waals surface area (Å²) in [7, 11) is 0. The van der Waals surface area contributed by atoms with Crippen LogP contribution in [0.15, 0.2) is 54.6 Å². The third-order valence-electron chi connectivity index (χ3n) is 4.37. The van der Waals surface area contributed by atoms with Gasteiger partial charge in [-0.2, -0.15) is 0 Å². The fourth-order valence-electron chi connectivity index (χ4n) is 2.63. The smallest absolute Gasteiger partial charge is 0.240 e. The Morgan fingerprint density at radius 3 is 2.21 bits per heavy atom. The predicted molar refractivity (Wildman–Crippen MR) is 89.7 cm³/mol. The predicted octanol–water partition coefficient (Wildman–Crippen LogP) is 3.42. The number of carbonyl (C=O) groups is 2. The molecule has 1 unspecified atom stereocenters. The standard InChI is InChI=1S/C19H19FN2O2/c1-13(14-5-3-2-4-6-14)21-17(23)19(11-12-19)18(24)22-16-9-7-15(20)8-10-16/h2-10,13H,11-12H2,1H3,(H,21,23)(H,22,24). The molecule has 5 heteroatoms. The van der Waals surface area contributed by atoms with Gasteiger partial charge in [0, 0.05) is 5.69 Å². The van der Waals surface area contributed by atoms with Crippen molar-refractivity contribution in [1.82, 2.24) is 5.32 Å². The Balaban J connectivity index is 1.65. The molecule has 0 spiro atoms. The number of hydrogen-bond donors (Lipinski definition) is 2. The SMILES string of the molecule is CC(NC(=O)C1(C(=O)Nc2ccc(F)cc2)CC1)c1ccccc1. The van der Waals surface area contributed by atoms with Crippen molar-refractivity contribution in [1.29, 1.82) is 0 Å².